The number of nitrogens with zero attached hydrogens (tertiary/aromatic N) is 1. The molecule has 0 aromatic rings. The topological polar surface area (TPSA) is 76.9 Å². The van der Waals surface area contributed by atoms with Crippen molar-refractivity contribution in [3.05, 3.63) is 37.1 Å². The van der Waals surface area contributed by atoms with E-state index in [2.05, 4.69) is 35.4 Å². The summed E-state index contributed by atoms with van der Waals surface area (Å²) in [6, 6.07) is 2.15. The van der Waals surface area contributed by atoms with Gasteiger partial charge in [-0.25, -0.2) is 0 Å². The number of hydrazine groups is 1. The van der Waals surface area contributed by atoms with E-state index in [-0.39, 0.29) is 11.0 Å². The molecule has 0 aromatic carbocycles. The van der Waals surface area contributed by atoms with Gasteiger partial charge in [-0.05, 0) is 31.1 Å². The van der Waals surface area contributed by atoms with Crippen LogP contribution in [0.3, 0.4) is 0 Å². The van der Waals surface area contributed by atoms with E-state index in [1.807, 2.05) is 0 Å². The molecule has 1 rings (SSSR count). The zero-order valence-corrected chi connectivity index (χ0v) is 12.8. The Morgan fingerprint density at radius 1 is 1.29 bits per heavy atom. The highest BCUT2D eigenvalue weighted by Gasteiger charge is 2.39. The molecule has 5 nitrogen and oxygen atoms in total. The number of amides is 1. The molecule has 21 heavy (non-hydrogen) atoms. The van der Waals surface area contributed by atoms with Gasteiger partial charge in [-0.1, -0.05) is 44.6 Å². The van der Waals surface area contributed by atoms with Crippen molar-refractivity contribution in [3.63, 3.8) is 0 Å². The maximum atomic E-state index is 12.2. The van der Waals surface area contributed by atoms with Crippen LogP contribution in [0.5, 0.6) is 0 Å². The van der Waals surface area contributed by atoms with Crippen LogP contribution in [0.15, 0.2) is 37.1 Å². The van der Waals surface area contributed by atoms with Crippen molar-refractivity contribution >= 4 is 23.2 Å². The molecule has 0 aliphatic heterocycles. The Kier molecular flexibility index (Phi) is 6.63. The highest BCUT2D eigenvalue weighted by molar-refractivity contribution is 7.80. The van der Waals surface area contributed by atoms with Gasteiger partial charge in [-0.15, -0.1) is 0 Å². The molecule has 6 heteroatoms. The van der Waals surface area contributed by atoms with Gasteiger partial charge in [0.05, 0.1) is 6.07 Å². The van der Waals surface area contributed by atoms with Crippen LogP contribution in [0, 0.1) is 16.7 Å². The van der Waals surface area contributed by atoms with E-state index in [0.29, 0.717) is 18.5 Å². The smallest absolute Gasteiger partial charge is 0.258 e. The Morgan fingerprint density at radius 3 is 2.52 bits per heavy atom. The fourth-order valence-electron chi connectivity index (χ4n) is 2.18. The van der Waals surface area contributed by atoms with Crippen LogP contribution in [-0.2, 0) is 4.79 Å². The Hall–Kier alpha value is -2.13. The van der Waals surface area contributed by atoms with E-state index < -0.39 is 5.41 Å². The third-order valence-corrected chi connectivity index (χ3v) is 3.56. The number of hydrogen-bond donors (Lipinski definition) is 3. The van der Waals surface area contributed by atoms with Crippen molar-refractivity contribution in [2.24, 2.45) is 5.41 Å². The minimum atomic E-state index is -0.944. The number of thiocarbonyl (C=S) groups is 1. The van der Waals surface area contributed by atoms with Crippen molar-refractivity contribution in [2.75, 3.05) is 0 Å². The number of carbonyl (C=O) groups is 1. The van der Waals surface area contributed by atoms with Crippen molar-refractivity contribution in [1.82, 2.24) is 16.2 Å². The lowest BCUT2D eigenvalue weighted by Crippen LogP contribution is -2.52. The summed E-state index contributed by atoms with van der Waals surface area (Å²) >= 11 is 5.03. The summed E-state index contributed by atoms with van der Waals surface area (Å²) in [6.45, 7) is 7.29. The molecule has 1 saturated carbocycles. The summed E-state index contributed by atoms with van der Waals surface area (Å²) in [5, 5.41) is 12.3. The Labute approximate surface area is 130 Å². The zero-order valence-electron chi connectivity index (χ0n) is 11.9. The third kappa shape index (κ3) is 5.04. The van der Waals surface area contributed by atoms with Crippen LogP contribution in [0.25, 0.3) is 0 Å². The monoisotopic (exact) mass is 304 g/mol. The first-order valence-corrected chi connectivity index (χ1v) is 7.21. The number of allylic oxidation sites excluding steroid dienone is 3. The molecule has 1 fully saturated rings. The van der Waals surface area contributed by atoms with Crippen LogP contribution in [0.2, 0.25) is 0 Å². The second kappa shape index (κ2) is 8.22. The molecule has 0 aromatic heterocycles. The molecular formula is C15H20N4OS. The average Bonchev–Trinajstić information content (AvgIpc) is 2.51. The van der Waals surface area contributed by atoms with Crippen LogP contribution >= 0.6 is 12.2 Å². The van der Waals surface area contributed by atoms with Gasteiger partial charge < -0.3 is 5.32 Å². The zero-order chi connectivity index (χ0) is 15.7. The van der Waals surface area contributed by atoms with E-state index in [4.69, 9.17) is 12.2 Å². The predicted molar refractivity (Wildman–Crippen MR) is 86.6 cm³/mol. The van der Waals surface area contributed by atoms with Crippen molar-refractivity contribution < 1.29 is 4.79 Å². The first kappa shape index (κ1) is 16.9. The standard InChI is InChI=1S/C15H20N4OS/c1-3-4-8-12(2)17-14(21)19-18-13(20)15(11-16)9-6-5-7-10-15/h3-4,8H,1-2,5-7,9-10H2,(H,18,20)(H2,17,19,21)/b8-4-. The molecule has 3 N–H and O–H groups in total. The summed E-state index contributed by atoms with van der Waals surface area (Å²) in [5.41, 5.74) is 4.72. The molecule has 1 amide bonds. The first-order valence-electron chi connectivity index (χ1n) is 6.81. The fraction of sp³-hybridized carbons (Fsp3) is 0.400. The number of rotatable bonds is 4. The molecule has 0 radical (unpaired) electrons. The maximum absolute atomic E-state index is 12.2. The fourth-order valence-corrected chi connectivity index (χ4v) is 2.36. The normalized spacial score (nSPS) is 16.5. The first-order chi connectivity index (χ1) is 10.0. The third-order valence-electron chi connectivity index (χ3n) is 3.35. The van der Waals surface area contributed by atoms with Gasteiger partial charge in [0, 0.05) is 5.70 Å². The minimum Gasteiger partial charge on any atom is -0.332 e. The molecule has 112 valence electrons. The van der Waals surface area contributed by atoms with Crippen LogP contribution < -0.4 is 16.2 Å². The molecule has 0 saturated heterocycles. The van der Waals surface area contributed by atoms with Gasteiger partial charge in [0.15, 0.2) is 5.11 Å². The lowest BCUT2D eigenvalue weighted by molar-refractivity contribution is -0.130. The summed E-state index contributed by atoms with van der Waals surface area (Å²) in [7, 11) is 0. The highest BCUT2D eigenvalue weighted by atomic mass is 32.1. The van der Waals surface area contributed by atoms with Crippen LogP contribution in [-0.4, -0.2) is 11.0 Å². The van der Waals surface area contributed by atoms with E-state index in [1.165, 1.54) is 0 Å². The summed E-state index contributed by atoms with van der Waals surface area (Å²) in [6.07, 6.45) is 9.06. The average molecular weight is 304 g/mol. The molecule has 0 heterocycles. The summed E-state index contributed by atoms with van der Waals surface area (Å²) < 4.78 is 0. The second-order valence-electron chi connectivity index (χ2n) is 4.91. The van der Waals surface area contributed by atoms with Crippen molar-refractivity contribution in [3.8, 4) is 6.07 Å². The largest absolute Gasteiger partial charge is 0.332 e. The van der Waals surface area contributed by atoms with Gasteiger partial charge in [-0.3, -0.25) is 15.6 Å². The van der Waals surface area contributed by atoms with Crippen molar-refractivity contribution in [2.45, 2.75) is 32.1 Å². The van der Waals surface area contributed by atoms with Crippen molar-refractivity contribution in [1.29, 1.82) is 5.26 Å². The van der Waals surface area contributed by atoms with Gasteiger partial charge in [0.1, 0.15) is 5.41 Å². The Balaban J connectivity index is 2.47. The predicted octanol–water partition coefficient (Wildman–Crippen LogP) is 2.21. The Bertz CT molecular complexity index is 498. The lowest BCUT2D eigenvalue weighted by Gasteiger charge is -2.29. The van der Waals surface area contributed by atoms with Crippen LogP contribution in [0.1, 0.15) is 32.1 Å². The second-order valence-corrected chi connectivity index (χ2v) is 5.32. The highest BCUT2D eigenvalue weighted by Crippen LogP contribution is 2.35. The number of nitrogens with one attached hydrogen (secondary N) is 3. The summed E-state index contributed by atoms with van der Waals surface area (Å²) in [5.74, 6) is -0.332. The van der Waals surface area contributed by atoms with E-state index in [0.717, 1.165) is 19.3 Å². The van der Waals surface area contributed by atoms with Gasteiger partial charge in [-0.2, -0.15) is 5.26 Å². The van der Waals surface area contributed by atoms with E-state index in [1.54, 1.807) is 18.2 Å². The number of hydrogen-bond acceptors (Lipinski definition) is 3. The molecule has 0 atom stereocenters. The Morgan fingerprint density at radius 2 is 1.95 bits per heavy atom. The van der Waals surface area contributed by atoms with E-state index in [9.17, 15) is 10.1 Å². The number of carbonyl (C=O) groups excluding carboxylic acids is 1. The lowest BCUT2D eigenvalue weighted by atomic mass is 9.75. The molecular weight excluding hydrogens is 284 g/mol. The minimum absolute atomic E-state index is 0.214. The molecule has 0 bridgehead atoms. The van der Waals surface area contributed by atoms with E-state index >= 15 is 0 Å². The SMILES string of the molecule is C=C/C=C\C(=C)NC(=S)NNC(=O)C1(C#N)CCCCC1. The molecule has 1 aliphatic carbocycles. The summed E-state index contributed by atoms with van der Waals surface area (Å²) in [4.78, 5) is 12.2. The quantitative estimate of drug-likeness (QED) is 0.422. The molecule has 1 aliphatic rings. The van der Waals surface area contributed by atoms with Crippen LogP contribution in [0.4, 0.5) is 0 Å². The maximum Gasteiger partial charge on any atom is 0.258 e. The van der Waals surface area contributed by atoms with Gasteiger partial charge >= 0.3 is 0 Å². The molecule has 0 spiro atoms. The molecule has 0 unspecified atom stereocenters. The van der Waals surface area contributed by atoms with Gasteiger partial charge in [0.25, 0.3) is 5.91 Å². The van der Waals surface area contributed by atoms with Gasteiger partial charge in [0.2, 0.25) is 0 Å². The number of nitriles is 1.